The second-order valence-electron chi connectivity index (χ2n) is 7.42. The fourth-order valence-electron chi connectivity index (χ4n) is 4.23. The molecule has 6 rings (SSSR count). The highest BCUT2D eigenvalue weighted by molar-refractivity contribution is 5.79. The maximum atomic E-state index is 5.48. The van der Waals surface area contributed by atoms with Crippen molar-refractivity contribution in [3.05, 3.63) is 89.9 Å². The quantitative estimate of drug-likeness (QED) is 0.426. The van der Waals surface area contributed by atoms with Crippen LogP contribution in [0.15, 0.2) is 77.7 Å². The Morgan fingerprint density at radius 1 is 0.821 bits per heavy atom. The second kappa shape index (κ2) is 5.99. The maximum absolute atomic E-state index is 5.48. The van der Waals surface area contributed by atoms with Gasteiger partial charge in [-0.15, -0.1) is 0 Å². The zero-order valence-corrected chi connectivity index (χ0v) is 15.2. The molecule has 5 aromatic rings. The normalized spacial score (nSPS) is 15.9. The summed E-state index contributed by atoms with van der Waals surface area (Å²) in [4.78, 5) is 13.5. The Balaban J connectivity index is 1.34. The molecule has 2 aromatic heterocycles. The predicted octanol–water partition coefficient (Wildman–Crippen LogP) is 5.32. The zero-order valence-electron chi connectivity index (χ0n) is 15.2. The molecule has 2 heterocycles. The summed E-state index contributed by atoms with van der Waals surface area (Å²) in [5.41, 5.74) is 7.93. The van der Waals surface area contributed by atoms with Crippen molar-refractivity contribution in [3.63, 3.8) is 0 Å². The fraction of sp³-hybridized carbons (Fsp3) is 0.125. The predicted molar refractivity (Wildman–Crippen MR) is 109 cm³/mol. The van der Waals surface area contributed by atoms with E-state index in [2.05, 4.69) is 40.3 Å². The van der Waals surface area contributed by atoms with Gasteiger partial charge in [0.25, 0.3) is 0 Å². The first kappa shape index (κ1) is 15.5. The molecule has 4 nitrogen and oxygen atoms in total. The second-order valence-corrected chi connectivity index (χ2v) is 7.42. The molecule has 1 aliphatic carbocycles. The number of aromatic nitrogens is 3. The van der Waals surface area contributed by atoms with Gasteiger partial charge in [-0.1, -0.05) is 36.4 Å². The molecule has 1 unspecified atom stereocenters. The molecule has 0 N–H and O–H groups in total. The van der Waals surface area contributed by atoms with E-state index in [0.717, 1.165) is 46.2 Å². The summed E-state index contributed by atoms with van der Waals surface area (Å²) in [7, 11) is 0. The molecule has 1 aliphatic rings. The monoisotopic (exact) mass is 363 g/mol. The molecular formula is C24H17N3O. The summed E-state index contributed by atoms with van der Waals surface area (Å²) < 4.78 is 5.48. The summed E-state index contributed by atoms with van der Waals surface area (Å²) >= 11 is 0. The van der Waals surface area contributed by atoms with E-state index < -0.39 is 0 Å². The number of benzene rings is 3. The van der Waals surface area contributed by atoms with Crippen LogP contribution in [0, 0.1) is 0 Å². The van der Waals surface area contributed by atoms with Crippen LogP contribution in [0.25, 0.3) is 33.4 Å². The molecule has 134 valence electrons. The molecule has 28 heavy (non-hydrogen) atoms. The standard InChI is InChI=1S/C24H17N3O/c1-2-4-21-18(3-1)13-25-24(27-21)17-6-5-15-9-19(11-20(15)10-17)16-7-8-22-23(12-16)28-14-26-22/h1-8,10,12-14,19H,9,11H2. The number of rotatable bonds is 2. The summed E-state index contributed by atoms with van der Waals surface area (Å²) in [5, 5.41) is 1.07. The molecule has 0 bridgehead atoms. The van der Waals surface area contributed by atoms with Crippen LogP contribution in [0.4, 0.5) is 0 Å². The Bertz CT molecular complexity index is 1340. The first-order valence-corrected chi connectivity index (χ1v) is 9.51. The molecule has 4 heteroatoms. The van der Waals surface area contributed by atoms with Gasteiger partial charge in [0.15, 0.2) is 17.8 Å². The number of para-hydroxylation sites is 1. The highest BCUT2D eigenvalue weighted by atomic mass is 16.3. The Kier molecular flexibility index (Phi) is 3.32. The Labute approximate surface area is 161 Å². The molecule has 0 aliphatic heterocycles. The molecule has 1 atom stereocenters. The average Bonchev–Trinajstić information content (AvgIpc) is 3.39. The number of nitrogens with zero attached hydrogens (tertiary/aromatic N) is 3. The van der Waals surface area contributed by atoms with Crippen LogP contribution in [-0.4, -0.2) is 15.0 Å². The van der Waals surface area contributed by atoms with Gasteiger partial charge in [-0.25, -0.2) is 15.0 Å². The van der Waals surface area contributed by atoms with Crippen molar-refractivity contribution >= 4 is 22.0 Å². The van der Waals surface area contributed by atoms with E-state index in [9.17, 15) is 0 Å². The van der Waals surface area contributed by atoms with Gasteiger partial charge in [-0.3, -0.25) is 0 Å². The number of hydrogen-bond acceptors (Lipinski definition) is 4. The van der Waals surface area contributed by atoms with Crippen LogP contribution in [-0.2, 0) is 12.8 Å². The largest absolute Gasteiger partial charge is 0.443 e. The third kappa shape index (κ3) is 2.49. The third-order valence-corrected chi connectivity index (χ3v) is 5.71. The fourth-order valence-corrected chi connectivity index (χ4v) is 4.23. The highest BCUT2D eigenvalue weighted by Gasteiger charge is 2.24. The minimum atomic E-state index is 0.470. The van der Waals surface area contributed by atoms with Gasteiger partial charge < -0.3 is 4.42 Å². The average molecular weight is 363 g/mol. The van der Waals surface area contributed by atoms with E-state index in [1.165, 1.54) is 23.1 Å². The van der Waals surface area contributed by atoms with Crippen molar-refractivity contribution in [1.29, 1.82) is 0 Å². The lowest BCUT2D eigenvalue weighted by Crippen LogP contribution is -1.97. The molecule has 0 amide bonds. The molecule has 0 saturated heterocycles. The maximum Gasteiger partial charge on any atom is 0.181 e. The van der Waals surface area contributed by atoms with Gasteiger partial charge in [0.2, 0.25) is 0 Å². The Morgan fingerprint density at radius 2 is 1.75 bits per heavy atom. The van der Waals surface area contributed by atoms with E-state index in [1.54, 1.807) is 0 Å². The molecule has 0 radical (unpaired) electrons. The lowest BCUT2D eigenvalue weighted by Gasteiger charge is -2.08. The summed E-state index contributed by atoms with van der Waals surface area (Å²) in [6, 6.07) is 21.1. The van der Waals surface area contributed by atoms with Gasteiger partial charge in [0.05, 0.1) is 5.52 Å². The van der Waals surface area contributed by atoms with Gasteiger partial charge >= 0.3 is 0 Å². The minimum Gasteiger partial charge on any atom is -0.443 e. The summed E-state index contributed by atoms with van der Waals surface area (Å²) in [5.74, 6) is 1.25. The van der Waals surface area contributed by atoms with Gasteiger partial charge in [-0.05, 0) is 59.7 Å². The van der Waals surface area contributed by atoms with Crippen LogP contribution in [0.2, 0.25) is 0 Å². The number of fused-ring (bicyclic) bond motifs is 3. The van der Waals surface area contributed by atoms with E-state index >= 15 is 0 Å². The summed E-state index contributed by atoms with van der Waals surface area (Å²) in [6.07, 6.45) is 5.48. The van der Waals surface area contributed by atoms with Crippen molar-refractivity contribution in [2.24, 2.45) is 0 Å². The number of oxazole rings is 1. The first-order chi connectivity index (χ1) is 13.8. The van der Waals surface area contributed by atoms with Gasteiger partial charge in [0.1, 0.15) is 5.52 Å². The van der Waals surface area contributed by atoms with Crippen molar-refractivity contribution < 1.29 is 4.42 Å². The summed E-state index contributed by atoms with van der Waals surface area (Å²) in [6.45, 7) is 0. The van der Waals surface area contributed by atoms with Crippen LogP contribution < -0.4 is 0 Å². The third-order valence-electron chi connectivity index (χ3n) is 5.71. The Hall–Kier alpha value is -3.53. The molecule has 0 spiro atoms. The van der Waals surface area contributed by atoms with Gasteiger partial charge in [0, 0.05) is 17.1 Å². The van der Waals surface area contributed by atoms with Crippen LogP contribution in [0.1, 0.15) is 22.6 Å². The van der Waals surface area contributed by atoms with Crippen molar-refractivity contribution in [2.75, 3.05) is 0 Å². The highest BCUT2D eigenvalue weighted by Crippen LogP contribution is 2.36. The Morgan fingerprint density at radius 3 is 2.75 bits per heavy atom. The molecule has 3 aromatic carbocycles. The van der Waals surface area contributed by atoms with E-state index in [0.29, 0.717) is 5.92 Å². The van der Waals surface area contributed by atoms with Gasteiger partial charge in [-0.2, -0.15) is 0 Å². The number of hydrogen-bond donors (Lipinski definition) is 0. The zero-order chi connectivity index (χ0) is 18.5. The van der Waals surface area contributed by atoms with Crippen LogP contribution in [0.3, 0.4) is 0 Å². The first-order valence-electron chi connectivity index (χ1n) is 9.51. The molecule has 0 saturated carbocycles. The van der Waals surface area contributed by atoms with Crippen molar-refractivity contribution in [3.8, 4) is 11.4 Å². The van der Waals surface area contributed by atoms with Crippen LogP contribution in [0.5, 0.6) is 0 Å². The van der Waals surface area contributed by atoms with Crippen LogP contribution >= 0.6 is 0 Å². The topological polar surface area (TPSA) is 51.8 Å². The lowest BCUT2D eigenvalue weighted by molar-refractivity contribution is 0.600. The van der Waals surface area contributed by atoms with E-state index in [-0.39, 0.29) is 0 Å². The van der Waals surface area contributed by atoms with E-state index in [1.807, 2.05) is 36.5 Å². The molecular weight excluding hydrogens is 346 g/mol. The van der Waals surface area contributed by atoms with E-state index in [4.69, 9.17) is 9.40 Å². The smallest absolute Gasteiger partial charge is 0.181 e. The molecule has 0 fully saturated rings. The van der Waals surface area contributed by atoms with Crippen molar-refractivity contribution in [1.82, 2.24) is 15.0 Å². The minimum absolute atomic E-state index is 0.470. The lowest BCUT2D eigenvalue weighted by atomic mass is 9.96. The SMILES string of the molecule is c1ccc2nc(-c3ccc4c(c3)CC(c3ccc5ncoc5c3)C4)ncc2c1. The van der Waals surface area contributed by atoms with Crippen molar-refractivity contribution in [2.45, 2.75) is 18.8 Å².